The molecule has 1 rings (SSSR count). The molecule has 4 nitrogen and oxygen atoms in total. The van der Waals surface area contributed by atoms with Crippen LogP contribution < -0.4 is 10.0 Å². The first-order chi connectivity index (χ1) is 9.76. The smallest absolute Gasteiger partial charge is 0.241 e. The lowest BCUT2D eigenvalue weighted by Gasteiger charge is -2.17. The van der Waals surface area contributed by atoms with E-state index in [1.807, 2.05) is 20.1 Å². The Balaban J connectivity index is 3.05. The largest absolute Gasteiger partial charge is 0.310 e. The van der Waals surface area contributed by atoms with Crippen molar-refractivity contribution in [3.8, 4) is 0 Å². The molecule has 1 aromatic carbocycles. The first-order valence-corrected chi connectivity index (χ1v) is 9.67. The van der Waals surface area contributed by atoms with Crippen molar-refractivity contribution in [1.82, 2.24) is 10.0 Å². The van der Waals surface area contributed by atoms with E-state index in [2.05, 4.69) is 10.0 Å². The van der Waals surface area contributed by atoms with Crippen molar-refractivity contribution >= 4 is 21.8 Å². The van der Waals surface area contributed by atoms with Gasteiger partial charge < -0.3 is 5.32 Å². The molecule has 120 valence electrons. The van der Waals surface area contributed by atoms with Crippen LogP contribution in [0.5, 0.6) is 0 Å². The summed E-state index contributed by atoms with van der Waals surface area (Å²) in [7, 11) is -3.73. The maximum absolute atomic E-state index is 13.4. The molecular formula is C14H23FN2O2S2. The lowest BCUT2D eigenvalue weighted by Crippen LogP contribution is -2.35. The molecule has 0 aliphatic carbocycles. The first kappa shape index (κ1) is 18.4. The lowest BCUT2D eigenvalue weighted by atomic mass is 10.2. The molecule has 0 spiro atoms. The summed E-state index contributed by atoms with van der Waals surface area (Å²) in [5, 5.41) is 3.15. The third-order valence-corrected chi connectivity index (χ3v) is 5.30. The summed E-state index contributed by atoms with van der Waals surface area (Å²) in [5.74, 6) is 0.106. The second-order valence-corrected chi connectivity index (χ2v) is 7.86. The topological polar surface area (TPSA) is 58.2 Å². The Kier molecular flexibility index (Phi) is 7.12. The molecule has 1 atom stereocenters. The van der Waals surface area contributed by atoms with E-state index in [4.69, 9.17) is 0 Å². The highest BCUT2D eigenvalue weighted by molar-refractivity contribution is 7.98. The summed E-state index contributed by atoms with van der Waals surface area (Å²) < 4.78 is 40.9. The minimum absolute atomic E-state index is 0.00334. The summed E-state index contributed by atoms with van der Waals surface area (Å²) >= 11 is 1.55. The fourth-order valence-electron chi connectivity index (χ4n) is 1.85. The molecule has 7 heteroatoms. The Bertz CT molecular complexity index is 562. The van der Waals surface area contributed by atoms with Crippen LogP contribution >= 0.6 is 11.8 Å². The van der Waals surface area contributed by atoms with Crippen LogP contribution in [0.15, 0.2) is 23.1 Å². The highest BCUT2D eigenvalue weighted by atomic mass is 32.2. The highest BCUT2D eigenvalue weighted by Gasteiger charge is 2.21. The molecule has 0 aliphatic rings. The van der Waals surface area contributed by atoms with E-state index < -0.39 is 15.8 Å². The molecular weight excluding hydrogens is 311 g/mol. The molecule has 0 saturated carbocycles. The van der Waals surface area contributed by atoms with Crippen LogP contribution in [0.4, 0.5) is 4.39 Å². The summed E-state index contributed by atoms with van der Waals surface area (Å²) in [6, 6.07) is 3.87. The normalized spacial score (nSPS) is 13.6. The van der Waals surface area contributed by atoms with Gasteiger partial charge in [0.1, 0.15) is 5.82 Å². The van der Waals surface area contributed by atoms with Gasteiger partial charge in [0.15, 0.2) is 0 Å². The van der Waals surface area contributed by atoms with Gasteiger partial charge in [-0.3, -0.25) is 0 Å². The zero-order valence-electron chi connectivity index (χ0n) is 12.8. The maximum Gasteiger partial charge on any atom is 0.241 e. The Morgan fingerprint density at radius 1 is 1.29 bits per heavy atom. The summed E-state index contributed by atoms with van der Waals surface area (Å²) in [6.07, 6.45) is 1.91. The van der Waals surface area contributed by atoms with Gasteiger partial charge in [-0.15, -0.1) is 0 Å². The van der Waals surface area contributed by atoms with Crippen molar-refractivity contribution in [2.45, 2.75) is 44.3 Å². The molecule has 0 saturated heterocycles. The van der Waals surface area contributed by atoms with Crippen LogP contribution in [0.1, 0.15) is 26.3 Å². The maximum atomic E-state index is 13.4. The molecule has 1 aromatic rings. The lowest BCUT2D eigenvalue weighted by molar-refractivity contribution is 0.556. The van der Waals surface area contributed by atoms with Gasteiger partial charge in [-0.1, -0.05) is 19.9 Å². The average Bonchev–Trinajstić information content (AvgIpc) is 2.36. The van der Waals surface area contributed by atoms with Crippen LogP contribution in [0.25, 0.3) is 0 Å². The van der Waals surface area contributed by atoms with Gasteiger partial charge in [0.2, 0.25) is 10.0 Å². The molecule has 0 aliphatic heterocycles. The highest BCUT2D eigenvalue weighted by Crippen LogP contribution is 2.18. The van der Waals surface area contributed by atoms with E-state index in [-0.39, 0.29) is 17.0 Å². The van der Waals surface area contributed by atoms with Crippen LogP contribution in [-0.4, -0.2) is 32.5 Å². The Labute approximate surface area is 131 Å². The average molecular weight is 334 g/mol. The van der Waals surface area contributed by atoms with Crippen molar-refractivity contribution in [1.29, 1.82) is 0 Å². The second-order valence-electron chi connectivity index (χ2n) is 5.27. The molecule has 21 heavy (non-hydrogen) atoms. The molecule has 0 bridgehead atoms. The molecule has 0 heterocycles. The number of benzene rings is 1. The van der Waals surface area contributed by atoms with Crippen molar-refractivity contribution in [2.75, 3.05) is 12.0 Å². The van der Waals surface area contributed by atoms with Crippen LogP contribution in [-0.2, 0) is 16.6 Å². The summed E-state index contributed by atoms with van der Waals surface area (Å²) in [4.78, 5) is 0.00334. The minimum atomic E-state index is -3.73. The van der Waals surface area contributed by atoms with Gasteiger partial charge in [-0.05, 0) is 30.9 Å². The zero-order valence-corrected chi connectivity index (χ0v) is 14.4. The van der Waals surface area contributed by atoms with Crippen molar-refractivity contribution in [2.24, 2.45) is 0 Å². The van der Waals surface area contributed by atoms with E-state index in [0.717, 1.165) is 6.07 Å². The van der Waals surface area contributed by atoms with Gasteiger partial charge >= 0.3 is 0 Å². The van der Waals surface area contributed by atoms with Gasteiger partial charge in [0.25, 0.3) is 0 Å². The SMILES string of the molecule is CSCC(C)NS(=O)(=O)c1cc(F)ccc1CNC(C)C. The number of nitrogens with one attached hydrogen (secondary N) is 2. The van der Waals surface area contributed by atoms with Gasteiger partial charge in [-0.25, -0.2) is 17.5 Å². The third-order valence-electron chi connectivity index (χ3n) is 2.79. The second kappa shape index (κ2) is 8.12. The number of thioether (sulfide) groups is 1. The number of hydrogen-bond donors (Lipinski definition) is 2. The van der Waals surface area contributed by atoms with Gasteiger partial charge in [0, 0.05) is 24.4 Å². The fourth-order valence-corrected chi connectivity index (χ4v) is 4.03. The van der Waals surface area contributed by atoms with Crippen molar-refractivity contribution in [3.63, 3.8) is 0 Å². The first-order valence-electron chi connectivity index (χ1n) is 6.79. The van der Waals surface area contributed by atoms with E-state index in [9.17, 15) is 12.8 Å². The summed E-state index contributed by atoms with van der Waals surface area (Å²) in [5.41, 5.74) is 0.564. The molecule has 0 amide bonds. The number of rotatable bonds is 8. The summed E-state index contributed by atoms with van der Waals surface area (Å²) in [6.45, 7) is 6.11. The van der Waals surface area contributed by atoms with E-state index >= 15 is 0 Å². The van der Waals surface area contributed by atoms with Crippen LogP contribution in [0, 0.1) is 5.82 Å². The van der Waals surface area contributed by atoms with Crippen molar-refractivity contribution in [3.05, 3.63) is 29.6 Å². The van der Waals surface area contributed by atoms with Crippen molar-refractivity contribution < 1.29 is 12.8 Å². The third kappa shape index (κ3) is 5.94. The Hall–Kier alpha value is -0.630. The molecule has 1 unspecified atom stereocenters. The van der Waals surface area contributed by atoms with E-state index in [0.29, 0.717) is 17.9 Å². The molecule has 0 radical (unpaired) electrons. The quantitative estimate of drug-likeness (QED) is 0.766. The van der Waals surface area contributed by atoms with Crippen LogP contribution in [0.2, 0.25) is 0 Å². The van der Waals surface area contributed by atoms with E-state index in [1.54, 1.807) is 18.7 Å². The predicted octanol–water partition coefficient (Wildman–Crippen LogP) is 2.35. The van der Waals surface area contributed by atoms with Gasteiger partial charge in [-0.2, -0.15) is 11.8 Å². The van der Waals surface area contributed by atoms with E-state index in [1.165, 1.54) is 12.1 Å². The number of sulfonamides is 1. The predicted molar refractivity (Wildman–Crippen MR) is 86.5 cm³/mol. The Morgan fingerprint density at radius 3 is 2.52 bits per heavy atom. The monoisotopic (exact) mass is 334 g/mol. The number of hydrogen-bond acceptors (Lipinski definition) is 4. The standard InChI is InChI=1S/C14H23FN2O2S2/c1-10(2)16-8-12-5-6-13(15)7-14(12)21(18,19)17-11(3)9-20-4/h5-7,10-11,16-17H,8-9H2,1-4H3. The minimum Gasteiger partial charge on any atom is -0.310 e. The zero-order chi connectivity index (χ0) is 16.0. The molecule has 0 aromatic heterocycles. The fraction of sp³-hybridized carbons (Fsp3) is 0.571. The van der Waals surface area contributed by atoms with Gasteiger partial charge in [0.05, 0.1) is 4.90 Å². The van der Waals surface area contributed by atoms with Crippen LogP contribution in [0.3, 0.4) is 0 Å². The molecule has 0 fully saturated rings. The number of halogens is 1. The molecule has 2 N–H and O–H groups in total. The Morgan fingerprint density at radius 2 is 1.95 bits per heavy atom.